The summed E-state index contributed by atoms with van der Waals surface area (Å²) < 4.78 is 5.00. The number of rotatable bonds is 5. The Kier molecular flexibility index (Phi) is 5.29. The average Bonchev–Trinajstić information content (AvgIpc) is 2.68. The normalized spacial score (nSPS) is 10.2. The fourth-order valence-electron chi connectivity index (χ4n) is 2.41. The molecule has 0 unspecified atom stereocenters. The fourth-order valence-corrected chi connectivity index (χ4v) is 2.41. The summed E-state index contributed by atoms with van der Waals surface area (Å²) in [6.45, 7) is -0.357. The maximum atomic E-state index is 11.9. The summed E-state index contributed by atoms with van der Waals surface area (Å²) in [4.78, 5) is 23.8. The third-order valence-electron chi connectivity index (χ3n) is 3.76. The summed E-state index contributed by atoms with van der Waals surface area (Å²) in [7, 11) is 0. The first-order chi connectivity index (χ1) is 12.6. The van der Waals surface area contributed by atoms with E-state index in [4.69, 9.17) is 10.5 Å². The average molecular weight is 346 g/mol. The van der Waals surface area contributed by atoms with Gasteiger partial charge in [-0.25, -0.2) is 4.79 Å². The highest BCUT2D eigenvalue weighted by molar-refractivity contribution is 5.95. The number of nitrogens with one attached hydrogen (secondary N) is 1. The first kappa shape index (κ1) is 17.2. The molecule has 0 atom stereocenters. The highest BCUT2D eigenvalue weighted by Crippen LogP contribution is 2.20. The second kappa shape index (κ2) is 7.98. The SMILES string of the molecule is Nc1ccc(C(=O)OCC(=O)Nc2ccc(-c3ccccc3)cc2)cc1. The van der Waals surface area contributed by atoms with E-state index in [0.29, 0.717) is 16.9 Å². The molecule has 3 N–H and O–H groups in total. The molecule has 0 aromatic heterocycles. The van der Waals surface area contributed by atoms with Crippen molar-refractivity contribution in [3.63, 3.8) is 0 Å². The Balaban J connectivity index is 1.53. The van der Waals surface area contributed by atoms with Crippen molar-refractivity contribution in [3.05, 3.63) is 84.4 Å². The zero-order valence-electron chi connectivity index (χ0n) is 14.0. The predicted octanol–water partition coefficient (Wildman–Crippen LogP) is 3.73. The van der Waals surface area contributed by atoms with E-state index < -0.39 is 11.9 Å². The monoisotopic (exact) mass is 346 g/mol. The van der Waals surface area contributed by atoms with Crippen LogP contribution in [0.3, 0.4) is 0 Å². The number of benzene rings is 3. The summed E-state index contributed by atoms with van der Waals surface area (Å²) in [5.41, 5.74) is 9.26. The number of carbonyl (C=O) groups is 2. The third kappa shape index (κ3) is 4.48. The number of ether oxygens (including phenoxy) is 1. The van der Waals surface area contributed by atoms with Gasteiger partial charge in [0.05, 0.1) is 5.56 Å². The second-order valence-corrected chi connectivity index (χ2v) is 5.69. The van der Waals surface area contributed by atoms with Gasteiger partial charge in [0.25, 0.3) is 5.91 Å². The van der Waals surface area contributed by atoms with Crippen LogP contribution in [-0.4, -0.2) is 18.5 Å². The van der Waals surface area contributed by atoms with Crippen LogP contribution in [0.1, 0.15) is 10.4 Å². The van der Waals surface area contributed by atoms with E-state index in [1.807, 2.05) is 54.6 Å². The lowest BCUT2D eigenvalue weighted by Crippen LogP contribution is -2.20. The Morgan fingerprint density at radius 3 is 2.08 bits per heavy atom. The van der Waals surface area contributed by atoms with Gasteiger partial charge >= 0.3 is 5.97 Å². The van der Waals surface area contributed by atoms with Gasteiger partial charge in [-0.15, -0.1) is 0 Å². The van der Waals surface area contributed by atoms with Crippen LogP contribution in [0.5, 0.6) is 0 Å². The molecule has 0 aliphatic heterocycles. The molecule has 0 aliphatic carbocycles. The molecule has 0 radical (unpaired) electrons. The Morgan fingerprint density at radius 1 is 0.808 bits per heavy atom. The molecule has 3 aromatic carbocycles. The van der Waals surface area contributed by atoms with Crippen molar-refractivity contribution in [1.82, 2.24) is 0 Å². The molecule has 130 valence electrons. The van der Waals surface area contributed by atoms with Gasteiger partial charge in [-0.2, -0.15) is 0 Å². The second-order valence-electron chi connectivity index (χ2n) is 5.69. The molecule has 0 saturated carbocycles. The van der Waals surface area contributed by atoms with Crippen LogP contribution >= 0.6 is 0 Å². The maximum Gasteiger partial charge on any atom is 0.338 e. The minimum atomic E-state index is -0.570. The quantitative estimate of drug-likeness (QED) is 0.545. The van der Waals surface area contributed by atoms with Gasteiger partial charge in [0, 0.05) is 11.4 Å². The molecule has 0 heterocycles. The molecule has 5 nitrogen and oxygen atoms in total. The molecule has 0 saturated heterocycles. The van der Waals surface area contributed by atoms with E-state index in [0.717, 1.165) is 11.1 Å². The van der Waals surface area contributed by atoms with Gasteiger partial charge in [-0.1, -0.05) is 42.5 Å². The number of carbonyl (C=O) groups excluding carboxylic acids is 2. The summed E-state index contributed by atoms with van der Waals surface area (Å²) in [6, 6.07) is 23.7. The molecule has 0 spiro atoms. The first-order valence-electron chi connectivity index (χ1n) is 8.10. The third-order valence-corrected chi connectivity index (χ3v) is 3.76. The number of hydrogen-bond donors (Lipinski definition) is 2. The van der Waals surface area contributed by atoms with Crippen LogP contribution in [-0.2, 0) is 9.53 Å². The zero-order valence-corrected chi connectivity index (χ0v) is 14.0. The van der Waals surface area contributed by atoms with Crippen molar-refractivity contribution in [1.29, 1.82) is 0 Å². The smallest absolute Gasteiger partial charge is 0.338 e. The number of amides is 1. The minimum Gasteiger partial charge on any atom is -0.452 e. The molecule has 5 heteroatoms. The van der Waals surface area contributed by atoms with E-state index in [1.54, 1.807) is 24.3 Å². The summed E-state index contributed by atoms with van der Waals surface area (Å²) in [6.07, 6.45) is 0. The van der Waals surface area contributed by atoms with Crippen molar-refractivity contribution < 1.29 is 14.3 Å². The lowest BCUT2D eigenvalue weighted by atomic mass is 10.1. The van der Waals surface area contributed by atoms with Crippen LogP contribution < -0.4 is 11.1 Å². The molecule has 3 rings (SSSR count). The number of esters is 1. The maximum absolute atomic E-state index is 11.9. The fraction of sp³-hybridized carbons (Fsp3) is 0.0476. The number of nitrogen functional groups attached to an aromatic ring is 1. The molecule has 1 amide bonds. The zero-order chi connectivity index (χ0) is 18.4. The molecular formula is C21H18N2O3. The summed E-state index contributed by atoms with van der Waals surface area (Å²) in [5.74, 6) is -0.971. The van der Waals surface area contributed by atoms with Crippen LogP contribution in [0.2, 0.25) is 0 Å². The lowest BCUT2D eigenvalue weighted by molar-refractivity contribution is -0.119. The molecular weight excluding hydrogens is 328 g/mol. The molecule has 3 aromatic rings. The van der Waals surface area contributed by atoms with Crippen molar-refractivity contribution >= 4 is 23.3 Å². The van der Waals surface area contributed by atoms with E-state index in [2.05, 4.69) is 5.32 Å². The highest BCUT2D eigenvalue weighted by atomic mass is 16.5. The summed E-state index contributed by atoms with van der Waals surface area (Å²) >= 11 is 0. The van der Waals surface area contributed by atoms with Crippen molar-refractivity contribution in [2.45, 2.75) is 0 Å². The highest BCUT2D eigenvalue weighted by Gasteiger charge is 2.10. The number of hydrogen-bond acceptors (Lipinski definition) is 4. The van der Waals surface area contributed by atoms with Gasteiger partial charge in [-0.3, -0.25) is 4.79 Å². The minimum absolute atomic E-state index is 0.346. The Labute approximate surface area is 151 Å². The largest absolute Gasteiger partial charge is 0.452 e. The van der Waals surface area contributed by atoms with Gasteiger partial charge in [0.15, 0.2) is 6.61 Å². The van der Waals surface area contributed by atoms with Crippen LogP contribution in [0.4, 0.5) is 11.4 Å². The van der Waals surface area contributed by atoms with E-state index >= 15 is 0 Å². The van der Waals surface area contributed by atoms with Gasteiger partial charge in [0.1, 0.15) is 0 Å². The predicted molar refractivity (Wildman–Crippen MR) is 102 cm³/mol. The van der Waals surface area contributed by atoms with Crippen molar-refractivity contribution in [3.8, 4) is 11.1 Å². The van der Waals surface area contributed by atoms with Gasteiger partial charge in [-0.05, 0) is 47.5 Å². The van der Waals surface area contributed by atoms with Crippen LogP contribution in [0.15, 0.2) is 78.9 Å². The van der Waals surface area contributed by atoms with Gasteiger partial charge < -0.3 is 15.8 Å². The van der Waals surface area contributed by atoms with Gasteiger partial charge in [0.2, 0.25) is 0 Å². The van der Waals surface area contributed by atoms with Crippen LogP contribution in [0.25, 0.3) is 11.1 Å². The Hall–Kier alpha value is -3.60. The topological polar surface area (TPSA) is 81.4 Å². The van der Waals surface area contributed by atoms with Crippen molar-refractivity contribution in [2.75, 3.05) is 17.7 Å². The lowest BCUT2D eigenvalue weighted by Gasteiger charge is -2.08. The number of anilines is 2. The Bertz CT molecular complexity index is 889. The van der Waals surface area contributed by atoms with Crippen molar-refractivity contribution in [2.24, 2.45) is 0 Å². The molecule has 0 fully saturated rings. The summed E-state index contributed by atoms with van der Waals surface area (Å²) in [5, 5.41) is 2.70. The van der Waals surface area contributed by atoms with E-state index in [9.17, 15) is 9.59 Å². The van der Waals surface area contributed by atoms with E-state index in [-0.39, 0.29) is 6.61 Å². The standard InChI is InChI=1S/C21H18N2O3/c22-18-10-6-17(7-11-18)21(25)26-14-20(24)23-19-12-8-16(9-13-19)15-4-2-1-3-5-15/h1-13H,14,22H2,(H,23,24). The van der Waals surface area contributed by atoms with E-state index in [1.165, 1.54) is 0 Å². The molecule has 0 bridgehead atoms. The van der Waals surface area contributed by atoms with Crippen LogP contribution in [0, 0.1) is 0 Å². The Morgan fingerprint density at radius 2 is 1.42 bits per heavy atom. The molecule has 26 heavy (non-hydrogen) atoms. The first-order valence-corrected chi connectivity index (χ1v) is 8.10. The molecule has 0 aliphatic rings. The number of nitrogens with two attached hydrogens (primary N) is 1.